The average Bonchev–Trinajstić information content (AvgIpc) is 3.68. The zero-order valence-corrected chi connectivity index (χ0v) is 31.5. The number of nitrogens with zero attached hydrogens (tertiary/aromatic N) is 3. The molecule has 3 nitrogen and oxygen atoms in total. The molecule has 0 fully saturated rings. The first kappa shape index (κ1) is 31.4. The molecule has 8 aromatic rings. The van der Waals surface area contributed by atoms with Crippen LogP contribution in [0.4, 0.5) is 0 Å². The maximum atomic E-state index is 5.61. The van der Waals surface area contributed by atoms with E-state index in [0.717, 1.165) is 22.6 Å². The Morgan fingerprint density at radius 1 is 0.615 bits per heavy atom. The Labute approximate surface area is 307 Å². The number of hydrogen-bond acceptors (Lipinski definition) is 1. The maximum absolute atomic E-state index is 5.61. The molecule has 0 saturated heterocycles. The highest BCUT2D eigenvalue weighted by Gasteiger charge is 2.45. The van der Waals surface area contributed by atoms with Gasteiger partial charge < -0.3 is 4.57 Å². The lowest BCUT2D eigenvalue weighted by molar-refractivity contribution is 0.590. The van der Waals surface area contributed by atoms with Crippen molar-refractivity contribution >= 4 is 55.9 Å². The minimum Gasteiger partial charge on any atom is -0.310 e. The van der Waals surface area contributed by atoms with E-state index in [1.165, 1.54) is 71.7 Å². The minimum absolute atomic E-state index is 0.0257. The van der Waals surface area contributed by atoms with Gasteiger partial charge in [-0.1, -0.05) is 158 Å². The molecule has 6 aromatic carbocycles. The Kier molecular flexibility index (Phi) is 6.27. The van der Waals surface area contributed by atoms with E-state index in [0.29, 0.717) is 0 Å². The van der Waals surface area contributed by atoms with Crippen molar-refractivity contribution < 1.29 is 0 Å². The summed E-state index contributed by atoms with van der Waals surface area (Å²) in [5.74, 6) is 0.969. The third-order valence-electron chi connectivity index (χ3n) is 12.1. The molecule has 10 rings (SSSR count). The molecule has 0 radical (unpaired) electrons. The van der Waals surface area contributed by atoms with Crippen LogP contribution in [0.5, 0.6) is 0 Å². The normalized spacial score (nSPS) is 14.7. The molecule has 0 unspecified atom stereocenters. The van der Waals surface area contributed by atoms with Crippen LogP contribution in [-0.4, -0.2) is 20.8 Å². The Bertz CT molecular complexity index is 2770. The number of benzene rings is 6. The third kappa shape index (κ3) is 4.12. The molecule has 0 aliphatic carbocycles. The molecule has 52 heavy (non-hydrogen) atoms. The van der Waals surface area contributed by atoms with Crippen LogP contribution in [0.1, 0.15) is 77.6 Å². The van der Waals surface area contributed by atoms with Gasteiger partial charge in [-0.3, -0.25) is 4.57 Å². The second-order valence-corrected chi connectivity index (χ2v) is 17.7. The van der Waals surface area contributed by atoms with Crippen molar-refractivity contribution in [3.63, 3.8) is 0 Å². The van der Waals surface area contributed by atoms with Gasteiger partial charge in [0.05, 0.1) is 16.6 Å². The zero-order chi connectivity index (χ0) is 35.9. The van der Waals surface area contributed by atoms with Crippen molar-refractivity contribution in [1.82, 2.24) is 14.1 Å². The third-order valence-corrected chi connectivity index (χ3v) is 12.1. The van der Waals surface area contributed by atoms with Gasteiger partial charge in [-0.2, -0.15) is 0 Å². The summed E-state index contributed by atoms with van der Waals surface area (Å²) < 4.78 is 5.06. The fraction of sp³-hybridized carbons (Fsp3) is 0.229. The van der Waals surface area contributed by atoms with Crippen LogP contribution < -0.4 is 16.4 Å². The lowest BCUT2D eigenvalue weighted by Crippen LogP contribution is -2.63. The Balaban J connectivity index is 1.47. The van der Waals surface area contributed by atoms with Gasteiger partial charge in [0, 0.05) is 38.6 Å². The molecule has 0 amide bonds. The Morgan fingerprint density at radius 3 is 2.02 bits per heavy atom. The minimum atomic E-state index is -0.149. The van der Waals surface area contributed by atoms with Crippen LogP contribution in [0.25, 0.3) is 55.6 Å². The topological polar surface area (TPSA) is 22.8 Å². The highest BCUT2D eigenvalue weighted by molar-refractivity contribution is 6.99. The maximum Gasteiger partial charge on any atom is 0.247 e. The zero-order valence-electron chi connectivity index (χ0n) is 31.5. The van der Waals surface area contributed by atoms with Crippen molar-refractivity contribution in [2.75, 3.05) is 0 Å². The van der Waals surface area contributed by atoms with Gasteiger partial charge in [-0.05, 0) is 68.3 Å². The van der Waals surface area contributed by atoms with Gasteiger partial charge in [0.1, 0.15) is 5.82 Å². The predicted molar refractivity (Wildman–Crippen MR) is 221 cm³/mol. The van der Waals surface area contributed by atoms with Gasteiger partial charge in [0.15, 0.2) is 0 Å². The van der Waals surface area contributed by atoms with Crippen LogP contribution in [0.2, 0.25) is 0 Å². The Hall–Kier alpha value is -5.35. The second kappa shape index (κ2) is 10.4. The molecule has 2 aliphatic rings. The first-order valence-electron chi connectivity index (χ1n) is 18.8. The van der Waals surface area contributed by atoms with E-state index in [9.17, 15) is 0 Å². The van der Waals surface area contributed by atoms with Crippen molar-refractivity contribution in [3.8, 4) is 22.8 Å². The van der Waals surface area contributed by atoms with Crippen LogP contribution in [0.15, 0.2) is 121 Å². The van der Waals surface area contributed by atoms with E-state index in [1.807, 2.05) is 0 Å². The van der Waals surface area contributed by atoms with Gasteiger partial charge in [-0.25, -0.2) is 4.98 Å². The number of para-hydroxylation sites is 1. The number of imidazole rings is 1. The molecule has 0 bridgehead atoms. The van der Waals surface area contributed by atoms with Crippen LogP contribution in [0, 0.1) is 0 Å². The smallest absolute Gasteiger partial charge is 0.247 e. The summed E-state index contributed by atoms with van der Waals surface area (Å²) >= 11 is 0. The molecule has 254 valence electrons. The largest absolute Gasteiger partial charge is 0.310 e. The van der Waals surface area contributed by atoms with E-state index in [-0.39, 0.29) is 23.0 Å². The van der Waals surface area contributed by atoms with E-state index in [2.05, 4.69) is 186 Å². The predicted octanol–water partition coefficient (Wildman–Crippen LogP) is 9.85. The number of rotatable bonds is 2. The summed E-state index contributed by atoms with van der Waals surface area (Å²) in [5.41, 5.74) is 17.8. The van der Waals surface area contributed by atoms with E-state index >= 15 is 0 Å². The molecule has 0 atom stereocenters. The molecular formula is C48H44BN3. The molecule has 0 saturated carbocycles. The molecule has 2 aliphatic heterocycles. The summed E-state index contributed by atoms with van der Waals surface area (Å²) in [6.45, 7) is 19.0. The van der Waals surface area contributed by atoms with Crippen molar-refractivity contribution in [1.29, 1.82) is 0 Å². The SMILES string of the molecule is CC(C)(C)c1ccc2c(c1)B1c3ccccc3C(C)(C)c3ccc4c5c6c(nc(-c7ccccc7)n6-c6ccccc6)c(C(C)(C)C)cc5n-2c4c31. The lowest BCUT2D eigenvalue weighted by atomic mass is 9.30. The van der Waals surface area contributed by atoms with Crippen molar-refractivity contribution in [2.45, 2.75) is 71.6 Å². The first-order chi connectivity index (χ1) is 24.9. The molecule has 4 heteroatoms. The fourth-order valence-corrected chi connectivity index (χ4v) is 9.52. The van der Waals surface area contributed by atoms with Gasteiger partial charge in [-0.15, -0.1) is 0 Å². The molecule has 2 aromatic heterocycles. The van der Waals surface area contributed by atoms with Crippen molar-refractivity contribution in [3.05, 3.63) is 144 Å². The summed E-state index contributed by atoms with van der Waals surface area (Å²) in [6.07, 6.45) is 0. The van der Waals surface area contributed by atoms with Crippen LogP contribution >= 0.6 is 0 Å². The standard InChI is InChI=1S/C48H44BN3/c1-46(2,3)30-23-26-38-37(27-30)49-36-22-16-15-21-33(36)48(7,8)34-25-24-32-40-39(52(38)43(32)41(34)49)28-35(47(4,5)6)42-44(40)51(31-19-13-10-14-20-31)45(50-42)29-17-11-9-12-18-29/h9-28H,1-8H3. The number of hydrogen-bond donors (Lipinski definition) is 0. The van der Waals surface area contributed by atoms with Gasteiger partial charge in [0.25, 0.3) is 0 Å². The highest BCUT2D eigenvalue weighted by atomic mass is 15.1. The Morgan fingerprint density at radius 2 is 1.31 bits per heavy atom. The summed E-state index contributed by atoms with van der Waals surface area (Å²) in [4.78, 5) is 5.61. The average molecular weight is 674 g/mol. The van der Waals surface area contributed by atoms with Crippen molar-refractivity contribution in [2.24, 2.45) is 0 Å². The summed E-state index contributed by atoms with van der Waals surface area (Å²) in [6, 6.07) is 45.4. The molecule has 0 spiro atoms. The highest BCUT2D eigenvalue weighted by Crippen LogP contribution is 2.46. The van der Waals surface area contributed by atoms with E-state index in [4.69, 9.17) is 4.98 Å². The van der Waals surface area contributed by atoms with Crippen LogP contribution in [-0.2, 0) is 16.2 Å². The quantitative estimate of drug-likeness (QED) is 0.168. The second-order valence-electron chi connectivity index (χ2n) is 17.7. The number of aromatic nitrogens is 3. The monoisotopic (exact) mass is 673 g/mol. The molecule has 4 heterocycles. The first-order valence-corrected chi connectivity index (χ1v) is 18.8. The van der Waals surface area contributed by atoms with Crippen LogP contribution in [0.3, 0.4) is 0 Å². The summed E-state index contributed by atoms with van der Waals surface area (Å²) in [5, 5.41) is 2.56. The number of fused-ring (bicyclic) bond motifs is 10. The summed E-state index contributed by atoms with van der Waals surface area (Å²) in [7, 11) is 0. The lowest BCUT2D eigenvalue weighted by Gasteiger charge is -2.41. The van der Waals surface area contributed by atoms with E-state index in [1.54, 1.807) is 0 Å². The van der Waals surface area contributed by atoms with E-state index < -0.39 is 0 Å². The van der Waals surface area contributed by atoms with Gasteiger partial charge >= 0.3 is 0 Å². The van der Waals surface area contributed by atoms with Gasteiger partial charge in [0.2, 0.25) is 6.71 Å². The molecule has 0 N–H and O–H groups in total. The molecular weight excluding hydrogens is 629 g/mol. The fourth-order valence-electron chi connectivity index (χ4n) is 9.52.